The maximum atomic E-state index is 4.92. The van der Waals surface area contributed by atoms with E-state index in [1.54, 1.807) is 11.8 Å². The minimum absolute atomic E-state index is 0.0918. The van der Waals surface area contributed by atoms with Gasteiger partial charge in [0.1, 0.15) is 5.03 Å². The van der Waals surface area contributed by atoms with Crippen molar-refractivity contribution in [3.8, 4) is 11.3 Å². The maximum absolute atomic E-state index is 4.92. The van der Waals surface area contributed by atoms with Crippen molar-refractivity contribution >= 4 is 33.4 Å². The Morgan fingerprint density at radius 3 is 2.58 bits per heavy atom. The lowest BCUT2D eigenvalue weighted by Crippen LogP contribution is -2.13. The van der Waals surface area contributed by atoms with Crippen molar-refractivity contribution < 1.29 is 0 Å². The first-order chi connectivity index (χ1) is 12.4. The molecule has 0 N–H and O–H groups in total. The summed E-state index contributed by atoms with van der Waals surface area (Å²) in [4.78, 5) is 11.0. The molecule has 0 unspecified atom stereocenters. The highest BCUT2D eigenvalue weighted by atomic mass is 32.2. The molecule has 0 saturated heterocycles. The van der Waals surface area contributed by atoms with Crippen LogP contribution in [0.2, 0.25) is 0 Å². The van der Waals surface area contributed by atoms with E-state index in [0.29, 0.717) is 0 Å². The number of aromatic nitrogens is 2. The highest BCUT2D eigenvalue weighted by Gasteiger charge is 2.27. The van der Waals surface area contributed by atoms with Crippen LogP contribution < -0.4 is 0 Å². The monoisotopic (exact) mass is 356 g/mol. The Morgan fingerprint density at radius 2 is 1.77 bits per heavy atom. The summed E-state index contributed by atoms with van der Waals surface area (Å²) in [7, 11) is 0. The second-order valence-electron chi connectivity index (χ2n) is 8.04. The molecule has 0 saturated carbocycles. The van der Waals surface area contributed by atoms with E-state index < -0.39 is 0 Å². The van der Waals surface area contributed by atoms with Crippen LogP contribution in [-0.4, -0.2) is 9.97 Å². The Hall–Kier alpha value is -2.39. The third-order valence-electron chi connectivity index (χ3n) is 5.14. The van der Waals surface area contributed by atoms with Crippen LogP contribution >= 0.6 is 11.8 Å². The van der Waals surface area contributed by atoms with Gasteiger partial charge in [-0.05, 0) is 47.1 Å². The minimum Gasteiger partial charge on any atom is -0.255 e. The van der Waals surface area contributed by atoms with E-state index in [4.69, 9.17) is 9.97 Å². The first-order valence-electron chi connectivity index (χ1n) is 8.94. The van der Waals surface area contributed by atoms with Crippen LogP contribution in [0.3, 0.4) is 0 Å². The largest absolute Gasteiger partial charge is 0.255 e. The van der Waals surface area contributed by atoms with Crippen molar-refractivity contribution in [2.24, 2.45) is 0 Å². The lowest BCUT2D eigenvalue weighted by Gasteiger charge is -2.26. The Morgan fingerprint density at radius 1 is 0.962 bits per heavy atom. The topological polar surface area (TPSA) is 25.8 Å². The lowest BCUT2D eigenvalue weighted by atomic mass is 9.82. The maximum Gasteiger partial charge on any atom is 0.111 e. The number of pyridine rings is 2. The van der Waals surface area contributed by atoms with Crippen LogP contribution in [0.4, 0.5) is 0 Å². The van der Waals surface area contributed by atoms with Crippen molar-refractivity contribution in [2.45, 2.75) is 43.0 Å². The number of hydrogen-bond donors (Lipinski definition) is 0. The normalized spacial score (nSPS) is 13.2. The first-order valence-corrected chi connectivity index (χ1v) is 9.76. The molecular formula is C23H20N2S. The standard InChI is InChI=1S/C23H20N2S/c1-13-12-24-21-15-11-14-7-5-6-8-17(14)25-22(15)26-18-10-9-16(23(2,3)4)19(13)20(18)21/h5-12H,1-4H3. The fraction of sp³-hybridized carbons (Fsp3) is 0.217. The number of fused-ring (bicyclic) bond motifs is 3. The van der Waals surface area contributed by atoms with Crippen LogP contribution in [-0.2, 0) is 5.41 Å². The molecule has 0 fully saturated rings. The second-order valence-corrected chi connectivity index (χ2v) is 9.07. The van der Waals surface area contributed by atoms with E-state index in [9.17, 15) is 0 Å². The van der Waals surface area contributed by atoms with E-state index in [1.807, 2.05) is 12.3 Å². The Balaban J connectivity index is 1.92. The van der Waals surface area contributed by atoms with Crippen molar-refractivity contribution in [2.75, 3.05) is 0 Å². The average molecular weight is 356 g/mol. The Labute approximate surface area is 157 Å². The highest BCUT2D eigenvalue weighted by molar-refractivity contribution is 7.99. The zero-order valence-electron chi connectivity index (χ0n) is 15.4. The number of para-hydroxylation sites is 1. The minimum atomic E-state index is 0.0918. The van der Waals surface area contributed by atoms with Gasteiger partial charge >= 0.3 is 0 Å². The van der Waals surface area contributed by atoms with Crippen LogP contribution in [0.25, 0.3) is 32.9 Å². The molecule has 0 spiro atoms. The molecule has 0 radical (unpaired) electrons. The molecule has 0 aliphatic carbocycles. The van der Waals surface area contributed by atoms with Crippen molar-refractivity contribution in [3.63, 3.8) is 0 Å². The zero-order valence-corrected chi connectivity index (χ0v) is 16.2. The van der Waals surface area contributed by atoms with Gasteiger partial charge in [-0.25, -0.2) is 4.98 Å². The summed E-state index contributed by atoms with van der Waals surface area (Å²) in [5.74, 6) is 0. The molecule has 3 heteroatoms. The number of hydrogen-bond acceptors (Lipinski definition) is 3. The number of benzene rings is 2. The molecule has 2 aromatic carbocycles. The molecule has 5 rings (SSSR count). The van der Waals surface area contributed by atoms with Gasteiger partial charge in [0.15, 0.2) is 0 Å². The van der Waals surface area contributed by atoms with E-state index in [-0.39, 0.29) is 5.41 Å². The second kappa shape index (κ2) is 5.31. The third-order valence-corrected chi connectivity index (χ3v) is 6.21. The molecule has 2 nitrogen and oxygen atoms in total. The molecule has 2 aromatic heterocycles. The fourth-order valence-electron chi connectivity index (χ4n) is 3.88. The molecule has 1 aliphatic rings. The van der Waals surface area contributed by atoms with E-state index in [2.05, 4.69) is 64.1 Å². The highest BCUT2D eigenvalue weighted by Crippen LogP contribution is 2.49. The summed E-state index contributed by atoms with van der Waals surface area (Å²) in [6, 6.07) is 15.1. The summed E-state index contributed by atoms with van der Waals surface area (Å²) >= 11 is 1.77. The fourth-order valence-corrected chi connectivity index (χ4v) is 4.94. The molecule has 0 amide bonds. The van der Waals surface area contributed by atoms with Gasteiger partial charge in [0.25, 0.3) is 0 Å². The molecule has 3 heterocycles. The van der Waals surface area contributed by atoms with Gasteiger partial charge in [-0.3, -0.25) is 4.98 Å². The summed E-state index contributed by atoms with van der Waals surface area (Å²) in [5.41, 5.74) is 5.98. The van der Waals surface area contributed by atoms with Crippen LogP contribution in [0.5, 0.6) is 0 Å². The summed E-state index contributed by atoms with van der Waals surface area (Å²) in [5, 5.41) is 4.86. The number of nitrogens with zero attached hydrogens (tertiary/aromatic N) is 2. The average Bonchev–Trinajstić information content (AvgIpc) is 2.61. The van der Waals surface area contributed by atoms with Crippen molar-refractivity contribution in [1.29, 1.82) is 0 Å². The SMILES string of the molecule is Cc1cnc2c3c(ccc(C(C)(C)C)c13)Sc1nc3ccccc3cc1-2. The van der Waals surface area contributed by atoms with Gasteiger partial charge in [-0.2, -0.15) is 0 Å². The summed E-state index contributed by atoms with van der Waals surface area (Å²) < 4.78 is 0. The number of aryl methyl sites for hydroxylation is 1. The predicted molar refractivity (Wildman–Crippen MR) is 110 cm³/mol. The van der Waals surface area contributed by atoms with E-state index in [0.717, 1.165) is 27.2 Å². The summed E-state index contributed by atoms with van der Waals surface area (Å²) in [6.45, 7) is 9.01. The van der Waals surface area contributed by atoms with Gasteiger partial charge in [0.2, 0.25) is 0 Å². The van der Waals surface area contributed by atoms with Gasteiger partial charge in [-0.1, -0.05) is 56.8 Å². The molecule has 128 valence electrons. The molecule has 26 heavy (non-hydrogen) atoms. The third kappa shape index (κ3) is 2.20. The summed E-state index contributed by atoms with van der Waals surface area (Å²) in [6.07, 6.45) is 2.02. The molecule has 1 aliphatic heterocycles. The molecular weight excluding hydrogens is 336 g/mol. The smallest absolute Gasteiger partial charge is 0.111 e. The van der Waals surface area contributed by atoms with Gasteiger partial charge in [0, 0.05) is 27.4 Å². The number of rotatable bonds is 0. The van der Waals surface area contributed by atoms with Crippen LogP contribution in [0.1, 0.15) is 31.9 Å². The predicted octanol–water partition coefficient (Wildman–Crippen LogP) is 6.52. The van der Waals surface area contributed by atoms with Crippen molar-refractivity contribution in [3.05, 3.63) is 59.8 Å². The van der Waals surface area contributed by atoms with Gasteiger partial charge in [-0.15, -0.1) is 0 Å². The molecule has 4 aromatic rings. The van der Waals surface area contributed by atoms with Crippen LogP contribution in [0.15, 0.2) is 58.6 Å². The molecule has 0 bridgehead atoms. The Kier molecular flexibility index (Phi) is 3.23. The zero-order chi connectivity index (χ0) is 18.1. The van der Waals surface area contributed by atoms with Gasteiger partial charge < -0.3 is 0 Å². The van der Waals surface area contributed by atoms with E-state index >= 15 is 0 Å². The first kappa shape index (κ1) is 15.8. The van der Waals surface area contributed by atoms with E-state index in [1.165, 1.54) is 26.8 Å². The van der Waals surface area contributed by atoms with Crippen molar-refractivity contribution in [1.82, 2.24) is 9.97 Å². The molecule has 0 atom stereocenters. The van der Waals surface area contributed by atoms with Gasteiger partial charge in [0.05, 0.1) is 11.2 Å². The quantitative estimate of drug-likeness (QED) is 0.316. The Bertz CT molecular complexity index is 1200. The lowest BCUT2D eigenvalue weighted by molar-refractivity contribution is 0.595. The van der Waals surface area contributed by atoms with Crippen LogP contribution in [0, 0.1) is 6.92 Å².